The molecule has 2 rings (SSSR count). The van der Waals surface area contributed by atoms with Gasteiger partial charge in [-0.05, 0) is 30.9 Å². The summed E-state index contributed by atoms with van der Waals surface area (Å²) in [6.45, 7) is 4.49. The quantitative estimate of drug-likeness (QED) is 0.817. The van der Waals surface area contributed by atoms with Gasteiger partial charge in [0.15, 0.2) is 0 Å². The van der Waals surface area contributed by atoms with E-state index in [1.807, 2.05) is 18.2 Å². The highest BCUT2D eigenvalue weighted by atomic mass is 16.5. The minimum atomic E-state index is 0.848. The van der Waals surface area contributed by atoms with Crippen LogP contribution in [0.15, 0.2) is 18.2 Å². The fourth-order valence-electron chi connectivity index (χ4n) is 2.51. The zero-order valence-corrected chi connectivity index (χ0v) is 10.8. The Hall–Kier alpha value is -1.38. The van der Waals surface area contributed by atoms with Gasteiger partial charge in [0, 0.05) is 19.2 Å². The topological polar surface area (TPSA) is 38.5 Å². The molecule has 1 fully saturated rings. The summed E-state index contributed by atoms with van der Waals surface area (Å²) in [6, 6.07) is 5.89. The minimum absolute atomic E-state index is 0.848. The van der Waals surface area contributed by atoms with E-state index >= 15 is 0 Å². The zero-order chi connectivity index (χ0) is 12.3. The summed E-state index contributed by atoms with van der Waals surface area (Å²) in [7, 11) is 1.69. The minimum Gasteiger partial charge on any atom is -0.497 e. The number of piperidine rings is 1. The van der Waals surface area contributed by atoms with Crippen molar-refractivity contribution in [2.24, 2.45) is 5.92 Å². The Kier molecular flexibility index (Phi) is 3.77. The molecular weight excluding hydrogens is 212 g/mol. The Morgan fingerprint density at radius 2 is 2.06 bits per heavy atom. The van der Waals surface area contributed by atoms with Gasteiger partial charge in [-0.25, -0.2) is 0 Å². The second kappa shape index (κ2) is 5.30. The molecule has 0 atom stereocenters. The lowest BCUT2D eigenvalue weighted by Crippen LogP contribution is -2.33. The normalized spacial score (nSPS) is 17.2. The highest BCUT2D eigenvalue weighted by Gasteiger charge is 2.19. The number of hydrogen-bond acceptors (Lipinski definition) is 3. The van der Waals surface area contributed by atoms with Crippen LogP contribution in [0.25, 0.3) is 0 Å². The molecule has 1 aliphatic rings. The summed E-state index contributed by atoms with van der Waals surface area (Å²) in [4.78, 5) is 2.38. The summed E-state index contributed by atoms with van der Waals surface area (Å²) in [6.07, 6.45) is 3.84. The molecule has 94 valence electrons. The molecule has 2 N–H and O–H groups in total. The first-order valence-electron chi connectivity index (χ1n) is 6.43. The smallest absolute Gasteiger partial charge is 0.121 e. The van der Waals surface area contributed by atoms with Crippen LogP contribution in [0, 0.1) is 5.92 Å². The summed E-state index contributed by atoms with van der Waals surface area (Å²) in [5.74, 6) is 1.77. The first-order valence-corrected chi connectivity index (χ1v) is 6.43. The molecule has 0 bridgehead atoms. The molecule has 0 aliphatic carbocycles. The van der Waals surface area contributed by atoms with Crippen LogP contribution in [0.1, 0.15) is 26.2 Å². The highest BCUT2D eigenvalue weighted by molar-refractivity contribution is 5.69. The average Bonchev–Trinajstić information content (AvgIpc) is 2.39. The lowest BCUT2D eigenvalue weighted by molar-refractivity contribution is 0.394. The van der Waals surface area contributed by atoms with E-state index in [0.717, 1.165) is 36.1 Å². The molecule has 1 aromatic carbocycles. The predicted molar refractivity (Wildman–Crippen MR) is 72.6 cm³/mol. The molecule has 0 unspecified atom stereocenters. The van der Waals surface area contributed by atoms with Gasteiger partial charge in [0.05, 0.1) is 18.5 Å². The van der Waals surface area contributed by atoms with Gasteiger partial charge in [0.2, 0.25) is 0 Å². The molecule has 0 amide bonds. The Balaban J connectivity index is 2.12. The van der Waals surface area contributed by atoms with E-state index in [1.54, 1.807) is 7.11 Å². The van der Waals surface area contributed by atoms with Gasteiger partial charge >= 0.3 is 0 Å². The van der Waals surface area contributed by atoms with Gasteiger partial charge in [-0.3, -0.25) is 0 Å². The van der Waals surface area contributed by atoms with Crippen molar-refractivity contribution >= 4 is 11.4 Å². The van der Waals surface area contributed by atoms with Crippen molar-refractivity contribution in [1.82, 2.24) is 0 Å². The molecule has 1 aliphatic heterocycles. The van der Waals surface area contributed by atoms with E-state index in [2.05, 4.69) is 11.8 Å². The summed E-state index contributed by atoms with van der Waals surface area (Å²) in [5.41, 5.74) is 8.02. The van der Waals surface area contributed by atoms with Gasteiger partial charge < -0.3 is 15.4 Å². The van der Waals surface area contributed by atoms with Crippen molar-refractivity contribution in [2.45, 2.75) is 26.2 Å². The van der Waals surface area contributed by atoms with Crippen molar-refractivity contribution in [3.05, 3.63) is 18.2 Å². The van der Waals surface area contributed by atoms with Crippen LogP contribution in [0.3, 0.4) is 0 Å². The van der Waals surface area contributed by atoms with E-state index in [4.69, 9.17) is 10.5 Å². The first kappa shape index (κ1) is 12.1. The second-order valence-corrected chi connectivity index (χ2v) is 4.76. The van der Waals surface area contributed by atoms with Crippen molar-refractivity contribution in [3.8, 4) is 5.75 Å². The number of nitrogen functional groups attached to an aromatic ring is 1. The van der Waals surface area contributed by atoms with E-state index in [-0.39, 0.29) is 0 Å². The fraction of sp³-hybridized carbons (Fsp3) is 0.571. The Morgan fingerprint density at radius 3 is 2.65 bits per heavy atom. The van der Waals surface area contributed by atoms with E-state index in [1.165, 1.54) is 19.3 Å². The van der Waals surface area contributed by atoms with E-state index < -0.39 is 0 Å². The van der Waals surface area contributed by atoms with Crippen LogP contribution in [-0.2, 0) is 0 Å². The van der Waals surface area contributed by atoms with Crippen molar-refractivity contribution in [3.63, 3.8) is 0 Å². The Bertz CT molecular complexity index is 370. The molecule has 0 radical (unpaired) electrons. The van der Waals surface area contributed by atoms with Gasteiger partial charge in [-0.2, -0.15) is 0 Å². The molecule has 1 saturated heterocycles. The highest BCUT2D eigenvalue weighted by Crippen LogP contribution is 2.31. The van der Waals surface area contributed by atoms with Crippen LogP contribution in [-0.4, -0.2) is 20.2 Å². The third-order valence-electron chi connectivity index (χ3n) is 3.77. The fourth-order valence-corrected chi connectivity index (χ4v) is 2.51. The van der Waals surface area contributed by atoms with Gasteiger partial charge in [-0.1, -0.05) is 13.3 Å². The molecular formula is C14H22N2O. The number of nitrogens with two attached hydrogens (primary N) is 1. The van der Waals surface area contributed by atoms with Crippen LogP contribution in [0.4, 0.5) is 11.4 Å². The maximum absolute atomic E-state index is 6.04. The largest absolute Gasteiger partial charge is 0.497 e. The molecule has 17 heavy (non-hydrogen) atoms. The molecule has 1 heterocycles. The number of nitrogens with zero attached hydrogens (tertiary/aromatic N) is 1. The Labute approximate surface area is 104 Å². The maximum atomic E-state index is 6.04. The molecule has 3 heteroatoms. The van der Waals surface area contributed by atoms with Crippen molar-refractivity contribution < 1.29 is 4.74 Å². The number of anilines is 2. The Morgan fingerprint density at radius 1 is 1.35 bits per heavy atom. The number of hydrogen-bond donors (Lipinski definition) is 1. The zero-order valence-electron chi connectivity index (χ0n) is 10.8. The second-order valence-electron chi connectivity index (χ2n) is 4.76. The number of ether oxygens (including phenoxy) is 1. The van der Waals surface area contributed by atoms with Crippen molar-refractivity contribution in [1.29, 1.82) is 0 Å². The summed E-state index contributed by atoms with van der Waals surface area (Å²) in [5, 5.41) is 0. The van der Waals surface area contributed by atoms with Gasteiger partial charge in [0.1, 0.15) is 5.75 Å². The number of benzene rings is 1. The van der Waals surface area contributed by atoms with Crippen LogP contribution < -0.4 is 15.4 Å². The standard InChI is InChI=1S/C14H22N2O/c1-3-11-6-8-16(9-7-11)14-10-12(17-2)4-5-13(14)15/h4-5,10-11H,3,6-9,15H2,1-2H3. The van der Waals surface area contributed by atoms with Crippen LogP contribution in [0.2, 0.25) is 0 Å². The van der Waals surface area contributed by atoms with E-state index in [9.17, 15) is 0 Å². The lowest BCUT2D eigenvalue weighted by atomic mass is 9.94. The monoisotopic (exact) mass is 234 g/mol. The predicted octanol–water partition coefficient (Wildman–Crippen LogP) is 2.90. The summed E-state index contributed by atoms with van der Waals surface area (Å²) < 4.78 is 5.26. The van der Waals surface area contributed by atoms with Crippen LogP contribution >= 0.6 is 0 Å². The molecule has 0 aromatic heterocycles. The third kappa shape index (κ3) is 2.65. The first-order chi connectivity index (χ1) is 8.24. The average molecular weight is 234 g/mol. The molecule has 0 spiro atoms. The molecule has 0 saturated carbocycles. The number of rotatable bonds is 3. The lowest BCUT2D eigenvalue weighted by Gasteiger charge is -2.34. The molecule has 1 aromatic rings. The third-order valence-corrected chi connectivity index (χ3v) is 3.77. The number of methoxy groups -OCH3 is 1. The van der Waals surface area contributed by atoms with Crippen molar-refractivity contribution in [2.75, 3.05) is 30.8 Å². The molecule has 3 nitrogen and oxygen atoms in total. The SMILES string of the molecule is CCC1CCN(c2cc(OC)ccc2N)CC1. The summed E-state index contributed by atoms with van der Waals surface area (Å²) >= 11 is 0. The van der Waals surface area contributed by atoms with Gasteiger partial charge in [-0.15, -0.1) is 0 Å². The maximum Gasteiger partial charge on any atom is 0.121 e. The van der Waals surface area contributed by atoms with Crippen LogP contribution in [0.5, 0.6) is 5.75 Å². The van der Waals surface area contributed by atoms with Gasteiger partial charge in [0.25, 0.3) is 0 Å². The van der Waals surface area contributed by atoms with E-state index in [0.29, 0.717) is 0 Å².